The van der Waals surface area contributed by atoms with E-state index in [-0.39, 0.29) is 24.0 Å². The number of halogens is 1. The van der Waals surface area contributed by atoms with Gasteiger partial charge in [-0.1, -0.05) is 27.2 Å². The Hall–Kier alpha value is -0.120. The Morgan fingerprint density at radius 2 is 1.56 bits per heavy atom. The van der Waals surface area contributed by atoms with Crippen LogP contribution in [-0.2, 0) is 9.47 Å². The highest BCUT2D eigenvalue weighted by Gasteiger charge is 1.99. The lowest BCUT2D eigenvalue weighted by molar-refractivity contribution is 0.0487. The maximum atomic E-state index is 5.55. The molecule has 0 aromatic heterocycles. The number of ether oxygens (including phenoxy) is 2. The molecule has 0 fully saturated rings. The first-order chi connectivity index (χ1) is 11.8. The molecular formula is C18H41IN4O2. The molecule has 0 aliphatic rings. The first-order valence-corrected chi connectivity index (χ1v) is 9.68. The summed E-state index contributed by atoms with van der Waals surface area (Å²) in [6.07, 6.45) is 3.38. The minimum absolute atomic E-state index is 0. The highest BCUT2D eigenvalue weighted by molar-refractivity contribution is 14.0. The molecule has 0 unspecified atom stereocenters. The number of guanidine groups is 1. The van der Waals surface area contributed by atoms with Gasteiger partial charge < -0.3 is 25.0 Å². The number of unbranched alkanes of at least 4 members (excludes halogenated alkanes) is 1. The summed E-state index contributed by atoms with van der Waals surface area (Å²) in [4.78, 5) is 7.03. The standard InChI is InChI=1S/C18H40N4O2.HI/c1-5-9-14-23-16-17-24-15-12-21-18(19-6-2)20-11-10-13-22(7-3)8-4;/h5-17H2,1-4H3,(H2,19,20,21);1H. The second kappa shape index (κ2) is 21.9. The van der Waals surface area contributed by atoms with Crippen molar-refractivity contribution >= 4 is 29.9 Å². The van der Waals surface area contributed by atoms with Crippen LogP contribution in [0.4, 0.5) is 0 Å². The zero-order valence-corrected chi connectivity index (χ0v) is 19.1. The Morgan fingerprint density at radius 3 is 2.16 bits per heavy atom. The smallest absolute Gasteiger partial charge is 0.191 e. The van der Waals surface area contributed by atoms with Crippen LogP contribution in [0.3, 0.4) is 0 Å². The van der Waals surface area contributed by atoms with E-state index in [2.05, 4.69) is 48.2 Å². The van der Waals surface area contributed by atoms with Crippen molar-refractivity contribution in [1.82, 2.24) is 15.5 Å². The number of aliphatic imine (C=N–C) groups is 1. The monoisotopic (exact) mass is 472 g/mol. The normalized spacial score (nSPS) is 11.5. The highest BCUT2D eigenvalue weighted by Crippen LogP contribution is 1.91. The SMILES string of the molecule is CCCCOCCOCCNC(=NCCCN(CC)CC)NCC.I. The van der Waals surface area contributed by atoms with E-state index in [1.165, 1.54) is 6.42 Å². The molecule has 0 saturated heterocycles. The van der Waals surface area contributed by atoms with Crippen molar-refractivity contribution in [3.8, 4) is 0 Å². The lowest BCUT2D eigenvalue weighted by Crippen LogP contribution is -2.39. The summed E-state index contributed by atoms with van der Waals surface area (Å²) in [7, 11) is 0. The summed E-state index contributed by atoms with van der Waals surface area (Å²) in [6.45, 7) is 17.3. The molecular weight excluding hydrogens is 431 g/mol. The van der Waals surface area contributed by atoms with Gasteiger partial charge in [-0.05, 0) is 39.4 Å². The van der Waals surface area contributed by atoms with Crippen LogP contribution in [0.5, 0.6) is 0 Å². The topological polar surface area (TPSA) is 58.1 Å². The number of nitrogens with zero attached hydrogens (tertiary/aromatic N) is 2. The minimum Gasteiger partial charge on any atom is -0.379 e. The highest BCUT2D eigenvalue weighted by atomic mass is 127. The van der Waals surface area contributed by atoms with E-state index in [9.17, 15) is 0 Å². The number of rotatable bonds is 16. The predicted molar refractivity (Wildman–Crippen MR) is 118 cm³/mol. The van der Waals surface area contributed by atoms with Gasteiger partial charge in [-0.3, -0.25) is 4.99 Å². The molecule has 0 aromatic rings. The summed E-state index contributed by atoms with van der Waals surface area (Å²) < 4.78 is 11.0. The van der Waals surface area contributed by atoms with Crippen LogP contribution in [0.1, 0.15) is 47.0 Å². The Morgan fingerprint density at radius 1 is 0.880 bits per heavy atom. The Kier molecular flexibility index (Phi) is 23.8. The largest absolute Gasteiger partial charge is 0.379 e. The van der Waals surface area contributed by atoms with Crippen LogP contribution in [0.25, 0.3) is 0 Å². The van der Waals surface area contributed by atoms with Crippen LogP contribution >= 0.6 is 24.0 Å². The van der Waals surface area contributed by atoms with Crippen LogP contribution in [0.2, 0.25) is 0 Å². The zero-order chi connectivity index (χ0) is 17.9. The van der Waals surface area contributed by atoms with Crippen molar-refractivity contribution in [1.29, 1.82) is 0 Å². The molecule has 7 heteroatoms. The van der Waals surface area contributed by atoms with Crippen molar-refractivity contribution in [3.05, 3.63) is 0 Å². The molecule has 152 valence electrons. The van der Waals surface area contributed by atoms with Crippen LogP contribution in [0, 0.1) is 0 Å². The molecule has 0 bridgehead atoms. The summed E-state index contributed by atoms with van der Waals surface area (Å²) in [5.74, 6) is 0.875. The third kappa shape index (κ3) is 18.5. The fourth-order valence-electron chi connectivity index (χ4n) is 2.18. The molecule has 2 N–H and O–H groups in total. The van der Waals surface area contributed by atoms with Gasteiger partial charge in [-0.2, -0.15) is 0 Å². The third-order valence-electron chi connectivity index (χ3n) is 3.69. The van der Waals surface area contributed by atoms with Gasteiger partial charge in [0.25, 0.3) is 0 Å². The first kappa shape index (κ1) is 27.1. The average Bonchev–Trinajstić information content (AvgIpc) is 2.60. The molecule has 0 aromatic carbocycles. The molecule has 25 heavy (non-hydrogen) atoms. The van der Waals surface area contributed by atoms with Crippen molar-refractivity contribution in [2.24, 2.45) is 4.99 Å². The van der Waals surface area contributed by atoms with Crippen LogP contribution < -0.4 is 10.6 Å². The molecule has 0 atom stereocenters. The minimum atomic E-state index is 0. The molecule has 6 nitrogen and oxygen atoms in total. The van der Waals surface area contributed by atoms with Gasteiger partial charge in [0.2, 0.25) is 0 Å². The molecule has 0 amide bonds. The molecule has 0 spiro atoms. The molecule has 0 saturated carbocycles. The van der Waals surface area contributed by atoms with E-state index in [0.717, 1.165) is 64.7 Å². The molecule has 0 radical (unpaired) electrons. The van der Waals surface area contributed by atoms with Gasteiger partial charge in [-0.25, -0.2) is 0 Å². The van der Waals surface area contributed by atoms with Gasteiger partial charge in [0.1, 0.15) is 0 Å². The third-order valence-corrected chi connectivity index (χ3v) is 3.69. The summed E-state index contributed by atoms with van der Waals surface area (Å²) >= 11 is 0. The second-order valence-corrected chi connectivity index (χ2v) is 5.65. The lowest BCUT2D eigenvalue weighted by atomic mass is 10.4. The van der Waals surface area contributed by atoms with Crippen molar-refractivity contribution in [2.75, 3.05) is 65.7 Å². The quantitative estimate of drug-likeness (QED) is 0.157. The molecule has 0 aliphatic carbocycles. The van der Waals surface area contributed by atoms with E-state index < -0.39 is 0 Å². The second-order valence-electron chi connectivity index (χ2n) is 5.65. The summed E-state index contributed by atoms with van der Waals surface area (Å²) in [6, 6.07) is 0. The Bertz CT molecular complexity index is 290. The van der Waals surface area contributed by atoms with E-state index in [4.69, 9.17) is 9.47 Å². The van der Waals surface area contributed by atoms with Gasteiger partial charge in [0, 0.05) is 26.2 Å². The van der Waals surface area contributed by atoms with E-state index in [0.29, 0.717) is 19.8 Å². The fourth-order valence-corrected chi connectivity index (χ4v) is 2.18. The average molecular weight is 472 g/mol. The van der Waals surface area contributed by atoms with Gasteiger partial charge in [0.15, 0.2) is 5.96 Å². The van der Waals surface area contributed by atoms with Gasteiger partial charge in [-0.15, -0.1) is 24.0 Å². The van der Waals surface area contributed by atoms with Gasteiger partial charge >= 0.3 is 0 Å². The van der Waals surface area contributed by atoms with E-state index in [1.54, 1.807) is 0 Å². The lowest BCUT2D eigenvalue weighted by Gasteiger charge is -2.17. The predicted octanol–water partition coefficient (Wildman–Crippen LogP) is 2.72. The Labute approximate surface area is 172 Å². The molecule has 0 rings (SSSR count). The first-order valence-electron chi connectivity index (χ1n) is 9.68. The van der Waals surface area contributed by atoms with Gasteiger partial charge in [0.05, 0.1) is 19.8 Å². The Balaban J connectivity index is 0. The maximum absolute atomic E-state index is 5.55. The number of hydrogen-bond acceptors (Lipinski definition) is 4. The van der Waals surface area contributed by atoms with Crippen molar-refractivity contribution in [3.63, 3.8) is 0 Å². The zero-order valence-electron chi connectivity index (χ0n) is 16.8. The van der Waals surface area contributed by atoms with Crippen LogP contribution in [-0.4, -0.2) is 76.6 Å². The molecule has 0 heterocycles. The maximum Gasteiger partial charge on any atom is 0.191 e. The van der Waals surface area contributed by atoms with E-state index in [1.807, 2.05) is 0 Å². The van der Waals surface area contributed by atoms with Crippen molar-refractivity contribution < 1.29 is 9.47 Å². The number of hydrogen-bond donors (Lipinski definition) is 2. The number of nitrogens with one attached hydrogen (secondary N) is 2. The summed E-state index contributed by atoms with van der Waals surface area (Å²) in [5, 5.41) is 6.58. The van der Waals surface area contributed by atoms with Crippen LogP contribution in [0.15, 0.2) is 4.99 Å². The summed E-state index contributed by atoms with van der Waals surface area (Å²) in [5.41, 5.74) is 0. The molecule has 0 aliphatic heterocycles. The van der Waals surface area contributed by atoms with Crippen molar-refractivity contribution in [2.45, 2.75) is 47.0 Å². The van der Waals surface area contributed by atoms with E-state index >= 15 is 0 Å². The fraction of sp³-hybridized carbons (Fsp3) is 0.944.